The Morgan fingerprint density at radius 1 is 1.06 bits per heavy atom. The van der Waals surface area contributed by atoms with Gasteiger partial charge in [0.15, 0.2) is 11.9 Å². The first-order valence-electron chi connectivity index (χ1n) is 9.09. The molecule has 0 saturated heterocycles. The second kappa shape index (κ2) is 6.92. The molecule has 0 saturated carbocycles. The van der Waals surface area contributed by atoms with E-state index in [4.69, 9.17) is 9.47 Å². The van der Waals surface area contributed by atoms with Crippen LogP contribution in [0, 0.1) is 0 Å². The Labute approximate surface area is 179 Å². The second-order valence-corrected chi connectivity index (χ2v) is 8.49. The van der Waals surface area contributed by atoms with Crippen LogP contribution in [0.15, 0.2) is 60.1 Å². The van der Waals surface area contributed by atoms with Crippen LogP contribution in [-0.2, 0) is 20.4 Å². The van der Waals surface area contributed by atoms with E-state index in [-0.39, 0.29) is 17.9 Å². The van der Waals surface area contributed by atoms with E-state index >= 15 is 0 Å². The number of alkyl halides is 3. The van der Waals surface area contributed by atoms with Gasteiger partial charge in [-0.25, -0.2) is 15.0 Å². The molecule has 164 valence electrons. The Hall–Kier alpha value is -3.67. The minimum atomic E-state index is -5.85. The maximum atomic E-state index is 12.8. The number of aliphatic imine (C=N–C) groups is 1. The number of fused-ring (bicyclic) bond motifs is 4. The molecule has 8 nitrogen and oxygen atoms in total. The van der Waals surface area contributed by atoms with Gasteiger partial charge in [0.05, 0.1) is 0 Å². The molecule has 0 N–H and O–H groups in total. The first kappa shape index (κ1) is 20.2. The molecule has 0 amide bonds. The average Bonchev–Trinajstić information content (AvgIpc) is 3.24. The van der Waals surface area contributed by atoms with Crippen molar-refractivity contribution in [2.75, 3.05) is 6.61 Å². The van der Waals surface area contributed by atoms with Crippen LogP contribution in [0.4, 0.5) is 13.2 Å². The van der Waals surface area contributed by atoms with Crippen LogP contribution in [0.1, 0.15) is 11.1 Å². The molecule has 0 aliphatic carbocycles. The highest BCUT2D eigenvalue weighted by Gasteiger charge is 2.50. The Morgan fingerprint density at radius 2 is 1.84 bits per heavy atom. The lowest BCUT2D eigenvalue weighted by Gasteiger charge is -2.35. The molecule has 2 aliphatic heterocycles. The van der Waals surface area contributed by atoms with Crippen LogP contribution in [0.5, 0.6) is 17.2 Å². The van der Waals surface area contributed by atoms with E-state index in [1.807, 2.05) is 0 Å². The van der Waals surface area contributed by atoms with Gasteiger partial charge in [-0.2, -0.15) is 21.6 Å². The van der Waals surface area contributed by atoms with E-state index in [9.17, 15) is 21.6 Å². The number of halogens is 3. The highest BCUT2D eigenvalue weighted by atomic mass is 32.2. The zero-order chi connectivity index (χ0) is 22.6. The summed E-state index contributed by atoms with van der Waals surface area (Å²) in [6.07, 6.45) is 5.81. The molecule has 0 radical (unpaired) electrons. The van der Waals surface area contributed by atoms with Crippen LogP contribution in [0.3, 0.4) is 0 Å². The lowest BCUT2D eigenvalue weighted by molar-refractivity contribution is -0.0500. The monoisotopic (exact) mass is 463 g/mol. The van der Waals surface area contributed by atoms with E-state index in [1.54, 1.807) is 30.6 Å². The van der Waals surface area contributed by atoms with Crippen molar-refractivity contribution in [1.82, 2.24) is 9.97 Å². The smallest absolute Gasteiger partial charge is 0.480 e. The molecule has 3 heterocycles. The number of nitrogens with zero attached hydrogens (tertiary/aromatic N) is 3. The normalized spacial score (nSPS) is 19.1. The highest BCUT2D eigenvalue weighted by Crippen LogP contribution is 2.54. The lowest BCUT2D eigenvalue weighted by atomic mass is 9.78. The summed E-state index contributed by atoms with van der Waals surface area (Å²) in [7, 11) is -5.85. The predicted octanol–water partition coefficient (Wildman–Crippen LogP) is 3.78. The third-order valence-corrected chi connectivity index (χ3v) is 6.04. The minimum absolute atomic E-state index is 0.0105. The maximum Gasteiger partial charge on any atom is 0.534 e. The molecule has 5 rings (SSSR count). The lowest BCUT2D eigenvalue weighted by Crippen LogP contribution is -2.32. The summed E-state index contributed by atoms with van der Waals surface area (Å²) in [5.74, 6) is 0.201. The van der Waals surface area contributed by atoms with E-state index < -0.39 is 26.9 Å². The predicted molar refractivity (Wildman–Crippen MR) is 105 cm³/mol. The van der Waals surface area contributed by atoms with Gasteiger partial charge in [0.1, 0.15) is 30.2 Å². The van der Waals surface area contributed by atoms with Crippen LogP contribution >= 0.6 is 0 Å². The zero-order valence-electron chi connectivity index (χ0n) is 15.9. The quantitative estimate of drug-likeness (QED) is 0.431. The number of rotatable bonds is 3. The third kappa shape index (κ3) is 3.06. The molecule has 2 aliphatic rings. The van der Waals surface area contributed by atoms with Gasteiger partial charge >= 0.3 is 15.6 Å². The minimum Gasteiger partial charge on any atom is -0.480 e. The summed E-state index contributed by atoms with van der Waals surface area (Å²) in [5.41, 5.74) is -4.59. The van der Waals surface area contributed by atoms with Crippen LogP contribution in [-0.4, -0.2) is 36.9 Å². The first-order valence-corrected chi connectivity index (χ1v) is 10.5. The average molecular weight is 463 g/mol. The molecular weight excluding hydrogens is 451 g/mol. The molecule has 1 atom stereocenters. The van der Waals surface area contributed by atoms with Crippen LogP contribution in [0.2, 0.25) is 0 Å². The van der Waals surface area contributed by atoms with Crippen molar-refractivity contribution in [3.05, 3.63) is 66.2 Å². The number of ether oxygens (including phenoxy) is 2. The first-order chi connectivity index (χ1) is 15.2. The van der Waals surface area contributed by atoms with E-state index in [1.165, 1.54) is 18.8 Å². The Balaban J connectivity index is 1.69. The summed E-state index contributed by atoms with van der Waals surface area (Å²) >= 11 is 0. The van der Waals surface area contributed by atoms with Crippen LogP contribution < -0.4 is 8.92 Å². The van der Waals surface area contributed by atoms with E-state index in [0.717, 1.165) is 12.1 Å². The van der Waals surface area contributed by atoms with E-state index in [0.29, 0.717) is 22.4 Å². The molecule has 1 unspecified atom stereocenters. The van der Waals surface area contributed by atoms with Crippen molar-refractivity contribution in [2.24, 2.45) is 4.99 Å². The topological polar surface area (TPSA) is 100.0 Å². The molecule has 3 aromatic rings. The zero-order valence-corrected chi connectivity index (χ0v) is 16.7. The number of hydrogen-bond donors (Lipinski definition) is 0. The van der Waals surface area contributed by atoms with Crippen LogP contribution in [0.25, 0.3) is 11.1 Å². The van der Waals surface area contributed by atoms with Gasteiger partial charge in [-0.05, 0) is 29.8 Å². The molecule has 0 bridgehead atoms. The Kier molecular flexibility index (Phi) is 4.38. The number of benzene rings is 2. The molecule has 32 heavy (non-hydrogen) atoms. The maximum absolute atomic E-state index is 12.8. The highest BCUT2D eigenvalue weighted by molar-refractivity contribution is 7.88. The molecular formula is C20H12F3N3O5S. The second-order valence-electron chi connectivity index (χ2n) is 6.95. The summed E-state index contributed by atoms with van der Waals surface area (Å²) in [5, 5.41) is 0. The third-order valence-electron chi connectivity index (χ3n) is 5.06. The van der Waals surface area contributed by atoms with Gasteiger partial charge in [0, 0.05) is 29.1 Å². The Morgan fingerprint density at radius 3 is 2.53 bits per heavy atom. The molecule has 12 heteroatoms. The van der Waals surface area contributed by atoms with Crippen molar-refractivity contribution < 1.29 is 35.2 Å². The van der Waals surface area contributed by atoms with Gasteiger partial charge < -0.3 is 13.7 Å². The van der Waals surface area contributed by atoms with Crippen molar-refractivity contribution >= 4 is 16.5 Å². The SMILES string of the molecule is O=S(=O)(Oc1ccc2c(c1)C1(COC=N1)c1c(cccc1-c1cncnc1)O2)C(F)(F)F. The fraction of sp³-hybridized carbons (Fsp3) is 0.150. The van der Waals surface area contributed by atoms with Gasteiger partial charge in [-0.15, -0.1) is 0 Å². The van der Waals surface area contributed by atoms with Gasteiger partial charge in [-0.3, -0.25) is 0 Å². The standard InChI is InChI=1S/C20H12F3N3O5S/c21-20(22,23)32(27,28)31-13-4-5-16-15(6-13)19(9-29-11-26-19)18-14(2-1-3-17(18)30-16)12-7-24-10-25-8-12/h1-8,10-11H,9H2. The summed E-state index contributed by atoms with van der Waals surface area (Å²) in [6, 6.07) is 8.86. The Bertz CT molecular complexity index is 1350. The summed E-state index contributed by atoms with van der Waals surface area (Å²) in [6.45, 7) is 0.0105. The summed E-state index contributed by atoms with van der Waals surface area (Å²) < 4.78 is 77.1. The molecule has 1 aromatic heterocycles. The largest absolute Gasteiger partial charge is 0.534 e. The number of aromatic nitrogens is 2. The summed E-state index contributed by atoms with van der Waals surface area (Å²) in [4.78, 5) is 12.6. The van der Waals surface area contributed by atoms with Crippen molar-refractivity contribution in [1.29, 1.82) is 0 Å². The fourth-order valence-electron chi connectivity index (χ4n) is 3.73. The van der Waals surface area contributed by atoms with E-state index in [2.05, 4.69) is 19.1 Å². The van der Waals surface area contributed by atoms with Gasteiger partial charge in [0.25, 0.3) is 0 Å². The molecule has 0 fully saturated rings. The van der Waals surface area contributed by atoms with Crippen molar-refractivity contribution in [2.45, 2.75) is 11.0 Å². The fourth-order valence-corrected chi connectivity index (χ4v) is 4.18. The molecule has 2 aromatic carbocycles. The van der Waals surface area contributed by atoms with Gasteiger partial charge in [0.2, 0.25) is 0 Å². The number of hydrogen-bond acceptors (Lipinski definition) is 8. The van der Waals surface area contributed by atoms with Gasteiger partial charge in [-0.1, -0.05) is 12.1 Å². The molecule has 1 spiro atoms. The van der Waals surface area contributed by atoms with Crippen molar-refractivity contribution in [3.8, 4) is 28.4 Å². The van der Waals surface area contributed by atoms with Crippen molar-refractivity contribution in [3.63, 3.8) is 0 Å².